The van der Waals surface area contributed by atoms with Gasteiger partial charge in [0.25, 0.3) is 0 Å². The molecule has 0 aromatic heterocycles. The van der Waals surface area contributed by atoms with Crippen molar-refractivity contribution in [1.82, 2.24) is 5.32 Å². The van der Waals surface area contributed by atoms with E-state index < -0.39 is 12.2 Å². The third kappa shape index (κ3) is 4.68. The van der Waals surface area contributed by atoms with Crippen LogP contribution in [-0.2, 0) is 0 Å². The molecule has 0 radical (unpaired) electrons. The highest BCUT2D eigenvalue weighted by Crippen LogP contribution is 2.27. The summed E-state index contributed by atoms with van der Waals surface area (Å²) in [5.41, 5.74) is 5.34. The van der Waals surface area contributed by atoms with Crippen LogP contribution in [0.5, 0.6) is 0 Å². The van der Waals surface area contributed by atoms with E-state index in [9.17, 15) is 13.2 Å². The first kappa shape index (κ1) is 16.7. The smallest absolute Gasteiger partial charge is 0.330 e. The standard InChI is InChI=1S/C7H13F3N2.2ClH/c8-7(9,10)6-2-1-5(3-11)4-12-6;;/h5-6,12H,1-4,11H2;2*1H. The van der Waals surface area contributed by atoms with Gasteiger partial charge >= 0.3 is 6.18 Å². The molecular weight excluding hydrogens is 240 g/mol. The van der Waals surface area contributed by atoms with Crippen molar-refractivity contribution in [1.29, 1.82) is 0 Å². The maximum atomic E-state index is 12.1. The van der Waals surface area contributed by atoms with Gasteiger partial charge in [0.05, 0.1) is 0 Å². The van der Waals surface area contributed by atoms with Gasteiger partial charge in [0.15, 0.2) is 0 Å². The zero-order valence-electron chi connectivity index (χ0n) is 7.51. The molecule has 0 aliphatic carbocycles. The number of hydrogen-bond donors (Lipinski definition) is 2. The predicted molar refractivity (Wildman–Crippen MR) is 54.1 cm³/mol. The van der Waals surface area contributed by atoms with Crippen molar-refractivity contribution in [3.8, 4) is 0 Å². The fraction of sp³-hybridized carbons (Fsp3) is 1.00. The largest absolute Gasteiger partial charge is 0.403 e. The number of piperidine rings is 1. The van der Waals surface area contributed by atoms with E-state index >= 15 is 0 Å². The molecule has 88 valence electrons. The molecule has 1 saturated heterocycles. The molecule has 1 aliphatic heterocycles. The lowest BCUT2D eigenvalue weighted by molar-refractivity contribution is -0.161. The van der Waals surface area contributed by atoms with Crippen LogP contribution in [0.15, 0.2) is 0 Å². The summed E-state index contributed by atoms with van der Waals surface area (Å²) in [6.45, 7) is 0.859. The average molecular weight is 255 g/mol. The van der Waals surface area contributed by atoms with Crippen molar-refractivity contribution in [2.45, 2.75) is 25.1 Å². The molecule has 2 atom stereocenters. The minimum Gasteiger partial charge on any atom is -0.330 e. The quantitative estimate of drug-likeness (QED) is 0.748. The SMILES string of the molecule is Cl.Cl.NCC1CCC(C(F)(F)F)NC1. The molecule has 2 unspecified atom stereocenters. The molecule has 1 fully saturated rings. The molecule has 1 rings (SSSR count). The monoisotopic (exact) mass is 254 g/mol. The van der Waals surface area contributed by atoms with Crippen LogP contribution >= 0.6 is 24.8 Å². The van der Waals surface area contributed by atoms with E-state index in [0.29, 0.717) is 19.5 Å². The Labute approximate surface area is 93.6 Å². The number of nitrogens with one attached hydrogen (secondary N) is 1. The fourth-order valence-corrected chi connectivity index (χ4v) is 1.40. The second kappa shape index (κ2) is 6.71. The molecule has 1 aliphatic rings. The molecule has 14 heavy (non-hydrogen) atoms. The van der Waals surface area contributed by atoms with Gasteiger partial charge in [-0.15, -0.1) is 24.8 Å². The van der Waals surface area contributed by atoms with E-state index in [0.717, 1.165) is 0 Å². The maximum absolute atomic E-state index is 12.1. The van der Waals surface area contributed by atoms with Gasteiger partial charge in [0.2, 0.25) is 0 Å². The number of halogens is 5. The van der Waals surface area contributed by atoms with Crippen LogP contribution in [0.3, 0.4) is 0 Å². The topological polar surface area (TPSA) is 38.0 Å². The fourth-order valence-electron chi connectivity index (χ4n) is 1.40. The Hall–Kier alpha value is 0.290. The zero-order valence-corrected chi connectivity index (χ0v) is 9.14. The van der Waals surface area contributed by atoms with Crippen molar-refractivity contribution in [2.24, 2.45) is 11.7 Å². The number of alkyl halides is 3. The molecular formula is C7H15Cl2F3N2. The van der Waals surface area contributed by atoms with Crippen LogP contribution in [0.25, 0.3) is 0 Å². The second-order valence-corrected chi connectivity index (χ2v) is 3.18. The second-order valence-electron chi connectivity index (χ2n) is 3.18. The van der Waals surface area contributed by atoms with E-state index in [-0.39, 0.29) is 37.2 Å². The zero-order chi connectivity index (χ0) is 9.19. The lowest BCUT2D eigenvalue weighted by Gasteiger charge is -2.30. The van der Waals surface area contributed by atoms with Crippen LogP contribution < -0.4 is 11.1 Å². The van der Waals surface area contributed by atoms with Crippen molar-refractivity contribution in [2.75, 3.05) is 13.1 Å². The van der Waals surface area contributed by atoms with Crippen molar-refractivity contribution < 1.29 is 13.2 Å². The highest BCUT2D eigenvalue weighted by atomic mass is 35.5. The van der Waals surface area contributed by atoms with Gasteiger partial charge in [-0.25, -0.2) is 0 Å². The number of hydrogen-bond acceptors (Lipinski definition) is 2. The lowest BCUT2D eigenvalue weighted by Crippen LogP contribution is -2.49. The van der Waals surface area contributed by atoms with E-state index in [2.05, 4.69) is 5.32 Å². The van der Waals surface area contributed by atoms with Gasteiger partial charge < -0.3 is 11.1 Å². The van der Waals surface area contributed by atoms with Gasteiger partial charge in [0.1, 0.15) is 6.04 Å². The van der Waals surface area contributed by atoms with Crippen molar-refractivity contribution in [3.05, 3.63) is 0 Å². The molecule has 0 saturated carbocycles. The van der Waals surface area contributed by atoms with Crippen LogP contribution in [0.2, 0.25) is 0 Å². The van der Waals surface area contributed by atoms with E-state index in [1.807, 2.05) is 0 Å². The highest BCUT2D eigenvalue weighted by molar-refractivity contribution is 5.85. The molecule has 2 nitrogen and oxygen atoms in total. The summed E-state index contributed by atoms with van der Waals surface area (Å²) in [6.07, 6.45) is -3.36. The van der Waals surface area contributed by atoms with Gasteiger partial charge in [-0.2, -0.15) is 13.2 Å². The third-order valence-electron chi connectivity index (χ3n) is 2.24. The molecule has 0 spiro atoms. The van der Waals surface area contributed by atoms with E-state index in [1.165, 1.54) is 0 Å². The Morgan fingerprint density at radius 2 is 1.79 bits per heavy atom. The third-order valence-corrected chi connectivity index (χ3v) is 2.24. The minimum absolute atomic E-state index is 0. The Morgan fingerprint density at radius 1 is 1.21 bits per heavy atom. The summed E-state index contributed by atoms with van der Waals surface area (Å²) >= 11 is 0. The maximum Gasteiger partial charge on any atom is 0.403 e. The first-order valence-corrected chi connectivity index (χ1v) is 4.04. The first-order chi connectivity index (χ1) is 5.54. The van der Waals surface area contributed by atoms with Crippen LogP contribution in [-0.4, -0.2) is 25.3 Å². The summed E-state index contributed by atoms with van der Waals surface area (Å²) in [5, 5.41) is 2.46. The Morgan fingerprint density at radius 3 is 2.07 bits per heavy atom. The Bertz CT molecular complexity index is 146. The Balaban J connectivity index is 0. The summed E-state index contributed by atoms with van der Waals surface area (Å²) in [5.74, 6) is 0.212. The van der Waals surface area contributed by atoms with Crippen LogP contribution in [0.4, 0.5) is 13.2 Å². The molecule has 7 heteroatoms. The van der Waals surface area contributed by atoms with E-state index in [1.54, 1.807) is 0 Å². The van der Waals surface area contributed by atoms with Gasteiger partial charge in [-0.05, 0) is 31.8 Å². The summed E-state index contributed by atoms with van der Waals surface area (Å²) in [6, 6.07) is -1.32. The first-order valence-electron chi connectivity index (χ1n) is 4.04. The van der Waals surface area contributed by atoms with Crippen molar-refractivity contribution in [3.63, 3.8) is 0 Å². The predicted octanol–water partition coefficient (Wildman–Crippen LogP) is 1.72. The van der Waals surface area contributed by atoms with Gasteiger partial charge in [-0.1, -0.05) is 0 Å². The normalized spacial score (nSPS) is 27.4. The lowest BCUT2D eigenvalue weighted by atomic mass is 9.95. The summed E-state index contributed by atoms with van der Waals surface area (Å²) in [7, 11) is 0. The molecule has 0 bridgehead atoms. The summed E-state index contributed by atoms with van der Waals surface area (Å²) in [4.78, 5) is 0. The van der Waals surface area contributed by atoms with Crippen molar-refractivity contribution >= 4 is 24.8 Å². The molecule has 0 aromatic carbocycles. The number of rotatable bonds is 1. The number of nitrogens with two attached hydrogens (primary N) is 1. The molecule has 0 amide bonds. The molecule has 3 N–H and O–H groups in total. The van der Waals surface area contributed by atoms with E-state index in [4.69, 9.17) is 5.73 Å². The summed E-state index contributed by atoms with van der Waals surface area (Å²) < 4.78 is 36.2. The molecule has 0 aromatic rings. The van der Waals surface area contributed by atoms with Gasteiger partial charge in [0, 0.05) is 0 Å². The minimum atomic E-state index is -4.10. The van der Waals surface area contributed by atoms with Crippen LogP contribution in [0, 0.1) is 5.92 Å². The van der Waals surface area contributed by atoms with Gasteiger partial charge in [-0.3, -0.25) is 0 Å². The van der Waals surface area contributed by atoms with Crippen LogP contribution in [0.1, 0.15) is 12.8 Å². The Kier molecular flexibility index (Phi) is 8.01. The highest BCUT2D eigenvalue weighted by Gasteiger charge is 2.41. The average Bonchev–Trinajstić information content (AvgIpc) is 2.03. The molecule has 1 heterocycles.